The van der Waals surface area contributed by atoms with Gasteiger partial charge in [-0.05, 0) is 32.0 Å². The maximum Gasteiger partial charge on any atom is 0.146 e. The Morgan fingerprint density at radius 2 is 2.24 bits per heavy atom. The number of halogens is 1. The van der Waals surface area contributed by atoms with Gasteiger partial charge in [-0.25, -0.2) is 0 Å². The summed E-state index contributed by atoms with van der Waals surface area (Å²) in [6.07, 6.45) is -0.936. The van der Waals surface area contributed by atoms with E-state index in [1.165, 1.54) is 6.92 Å². The summed E-state index contributed by atoms with van der Waals surface area (Å²) >= 11 is 3.33. The van der Waals surface area contributed by atoms with Crippen LogP contribution >= 0.6 is 15.9 Å². The van der Waals surface area contributed by atoms with Gasteiger partial charge in [-0.1, -0.05) is 22.5 Å². The van der Waals surface area contributed by atoms with E-state index in [1.807, 2.05) is 6.07 Å². The Morgan fingerprint density at radius 3 is 2.82 bits per heavy atom. The van der Waals surface area contributed by atoms with Crippen molar-refractivity contribution >= 4 is 21.7 Å². The Morgan fingerprint density at radius 1 is 1.59 bits per heavy atom. The van der Waals surface area contributed by atoms with Gasteiger partial charge < -0.3 is 9.84 Å². The molecule has 0 aliphatic carbocycles. The van der Waals surface area contributed by atoms with Gasteiger partial charge in [0.1, 0.15) is 28.8 Å². The monoisotopic (exact) mass is 296 g/mol. The van der Waals surface area contributed by atoms with Gasteiger partial charge in [-0.15, -0.1) is 0 Å². The molecule has 1 aliphatic heterocycles. The molecule has 0 radical (unpaired) electrons. The van der Waals surface area contributed by atoms with Crippen LogP contribution in [-0.4, -0.2) is 10.9 Å². The van der Waals surface area contributed by atoms with Crippen molar-refractivity contribution in [3.8, 4) is 5.75 Å². The molecule has 0 bridgehead atoms. The molecule has 1 heterocycles. The number of rotatable bonds is 1. The Kier molecular flexibility index (Phi) is 2.87. The highest BCUT2D eigenvalue weighted by molar-refractivity contribution is 9.10. The van der Waals surface area contributed by atoms with Crippen molar-refractivity contribution in [2.24, 2.45) is 5.41 Å². The molecule has 1 aromatic carbocycles. The average molecular weight is 297 g/mol. The molecule has 17 heavy (non-hydrogen) atoms. The van der Waals surface area contributed by atoms with Gasteiger partial charge in [0.2, 0.25) is 0 Å². The van der Waals surface area contributed by atoms with Crippen LogP contribution in [0, 0.1) is 5.41 Å². The number of fused-ring (bicyclic) bond motifs is 1. The molecule has 90 valence electrons. The summed E-state index contributed by atoms with van der Waals surface area (Å²) in [5, 5.41) is 10.4. The zero-order chi connectivity index (χ0) is 12.8. The Hall–Kier alpha value is -1.13. The number of benzene rings is 1. The molecular formula is C13H13BrO3. The molecule has 2 rings (SSSR count). The number of carbonyl (C=O) groups excluding carboxylic acids is 1. The molecule has 2 unspecified atom stereocenters. The van der Waals surface area contributed by atoms with E-state index in [4.69, 9.17) is 4.74 Å². The highest BCUT2D eigenvalue weighted by Gasteiger charge is 2.47. The predicted molar refractivity (Wildman–Crippen MR) is 67.7 cm³/mol. The largest absolute Gasteiger partial charge is 0.461 e. The fourth-order valence-corrected chi connectivity index (χ4v) is 2.30. The van der Waals surface area contributed by atoms with Gasteiger partial charge in [0.15, 0.2) is 0 Å². The van der Waals surface area contributed by atoms with Crippen LogP contribution < -0.4 is 4.74 Å². The first kappa shape index (κ1) is 12.3. The summed E-state index contributed by atoms with van der Waals surface area (Å²) in [5.74, 6) is 0.664. The van der Waals surface area contributed by atoms with E-state index in [2.05, 4.69) is 22.5 Å². The second-order valence-corrected chi connectivity index (χ2v) is 5.28. The number of aliphatic hydroxyl groups is 1. The standard InChI is InChI=1S/C13H13BrO3/c1-7(15)13(3)8(2)17-11-5-4-9(14)6-10(11)12(13)16/h4-6,12,16H,2H2,1,3H3. The maximum atomic E-state index is 11.7. The molecule has 1 aromatic rings. The summed E-state index contributed by atoms with van der Waals surface area (Å²) < 4.78 is 6.37. The van der Waals surface area contributed by atoms with Crippen molar-refractivity contribution in [3.05, 3.63) is 40.6 Å². The first-order valence-electron chi connectivity index (χ1n) is 5.23. The Labute approximate surface area is 108 Å². The van der Waals surface area contributed by atoms with Gasteiger partial charge >= 0.3 is 0 Å². The molecule has 1 aliphatic rings. The Bertz CT molecular complexity index is 509. The molecule has 3 nitrogen and oxygen atoms in total. The van der Waals surface area contributed by atoms with E-state index in [0.717, 1.165) is 4.47 Å². The maximum absolute atomic E-state index is 11.7. The van der Waals surface area contributed by atoms with Gasteiger partial charge in [-0.2, -0.15) is 0 Å². The van der Waals surface area contributed by atoms with Crippen molar-refractivity contribution < 1.29 is 14.6 Å². The number of ether oxygens (including phenoxy) is 1. The van der Waals surface area contributed by atoms with E-state index in [9.17, 15) is 9.90 Å². The molecule has 1 N–H and O–H groups in total. The molecular weight excluding hydrogens is 284 g/mol. The van der Waals surface area contributed by atoms with Crippen LogP contribution in [0.15, 0.2) is 35.0 Å². The number of hydrogen-bond donors (Lipinski definition) is 1. The number of aliphatic hydroxyl groups excluding tert-OH is 1. The third kappa shape index (κ3) is 1.72. The van der Waals surface area contributed by atoms with Crippen molar-refractivity contribution in [1.82, 2.24) is 0 Å². The van der Waals surface area contributed by atoms with Gasteiger partial charge in [0, 0.05) is 10.0 Å². The molecule has 0 saturated heterocycles. The first-order valence-corrected chi connectivity index (χ1v) is 6.02. The SMILES string of the molecule is C=C1Oc2ccc(Br)cc2C(O)C1(C)C(C)=O. The van der Waals surface area contributed by atoms with Crippen LogP contribution in [0.3, 0.4) is 0 Å². The fourth-order valence-electron chi connectivity index (χ4n) is 1.92. The van der Waals surface area contributed by atoms with Crippen LogP contribution in [0.5, 0.6) is 5.75 Å². The quantitative estimate of drug-likeness (QED) is 0.867. The second-order valence-electron chi connectivity index (χ2n) is 4.37. The normalized spacial score (nSPS) is 27.3. The lowest BCUT2D eigenvalue weighted by Crippen LogP contribution is -2.39. The van der Waals surface area contributed by atoms with E-state index in [0.29, 0.717) is 11.3 Å². The third-order valence-corrected chi connectivity index (χ3v) is 3.85. The van der Waals surface area contributed by atoms with Crippen LogP contribution in [0.4, 0.5) is 0 Å². The number of carbonyl (C=O) groups is 1. The van der Waals surface area contributed by atoms with E-state index in [1.54, 1.807) is 19.1 Å². The smallest absolute Gasteiger partial charge is 0.146 e. The minimum atomic E-state index is -1.09. The van der Waals surface area contributed by atoms with Crippen LogP contribution in [0.1, 0.15) is 25.5 Å². The molecule has 2 atom stereocenters. The van der Waals surface area contributed by atoms with E-state index < -0.39 is 11.5 Å². The summed E-state index contributed by atoms with van der Waals surface area (Å²) in [4.78, 5) is 11.7. The second kappa shape index (κ2) is 3.96. The van der Waals surface area contributed by atoms with Crippen molar-refractivity contribution in [2.45, 2.75) is 20.0 Å². The first-order chi connectivity index (χ1) is 7.87. The number of ketones is 1. The number of hydrogen-bond acceptors (Lipinski definition) is 3. The van der Waals surface area contributed by atoms with Crippen molar-refractivity contribution in [3.63, 3.8) is 0 Å². The van der Waals surface area contributed by atoms with E-state index in [-0.39, 0.29) is 11.5 Å². The lowest BCUT2D eigenvalue weighted by Gasteiger charge is -2.38. The van der Waals surface area contributed by atoms with Crippen molar-refractivity contribution in [1.29, 1.82) is 0 Å². The average Bonchev–Trinajstić information content (AvgIpc) is 2.27. The predicted octanol–water partition coefficient (Wildman–Crippen LogP) is 2.98. The zero-order valence-electron chi connectivity index (χ0n) is 9.66. The Balaban J connectivity index is 2.60. The van der Waals surface area contributed by atoms with Crippen molar-refractivity contribution in [2.75, 3.05) is 0 Å². The lowest BCUT2D eigenvalue weighted by molar-refractivity contribution is -0.132. The molecule has 0 spiro atoms. The molecule has 0 aromatic heterocycles. The van der Waals surface area contributed by atoms with Crippen LogP contribution in [0.2, 0.25) is 0 Å². The molecule has 0 amide bonds. The summed E-state index contributed by atoms with van der Waals surface area (Å²) in [7, 11) is 0. The minimum Gasteiger partial charge on any atom is -0.461 e. The van der Waals surface area contributed by atoms with Crippen LogP contribution in [-0.2, 0) is 4.79 Å². The van der Waals surface area contributed by atoms with Gasteiger partial charge in [0.05, 0.1) is 0 Å². The van der Waals surface area contributed by atoms with Gasteiger partial charge in [0.25, 0.3) is 0 Å². The fraction of sp³-hybridized carbons (Fsp3) is 0.308. The summed E-state index contributed by atoms with van der Waals surface area (Å²) in [6, 6.07) is 5.32. The highest BCUT2D eigenvalue weighted by atomic mass is 79.9. The highest BCUT2D eigenvalue weighted by Crippen LogP contribution is 2.49. The zero-order valence-corrected chi connectivity index (χ0v) is 11.2. The summed E-state index contributed by atoms with van der Waals surface area (Å²) in [5.41, 5.74) is -0.488. The molecule has 0 fully saturated rings. The van der Waals surface area contributed by atoms with E-state index >= 15 is 0 Å². The molecule has 0 saturated carbocycles. The minimum absolute atomic E-state index is 0.166. The lowest BCUT2D eigenvalue weighted by atomic mass is 9.74. The molecule has 4 heteroatoms. The summed E-state index contributed by atoms with van der Waals surface area (Å²) in [6.45, 7) is 6.82. The topological polar surface area (TPSA) is 46.5 Å². The van der Waals surface area contributed by atoms with Gasteiger partial charge in [-0.3, -0.25) is 4.79 Å². The third-order valence-electron chi connectivity index (χ3n) is 3.36. The van der Waals surface area contributed by atoms with Crippen LogP contribution in [0.25, 0.3) is 0 Å². The number of Topliss-reactive ketones (excluding diaryl/α,β-unsaturated/α-hetero) is 1.